The third kappa shape index (κ3) is 4.05. The van der Waals surface area contributed by atoms with Crippen molar-refractivity contribution in [1.29, 1.82) is 5.26 Å². The van der Waals surface area contributed by atoms with E-state index in [1.807, 2.05) is 25.1 Å². The topological polar surface area (TPSA) is 91.4 Å². The molecule has 0 bridgehead atoms. The van der Waals surface area contributed by atoms with E-state index in [0.29, 0.717) is 24.7 Å². The van der Waals surface area contributed by atoms with Gasteiger partial charge in [-0.15, -0.1) is 0 Å². The van der Waals surface area contributed by atoms with E-state index in [0.717, 1.165) is 35.6 Å². The summed E-state index contributed by atoms with van der Waals surface area (Å²) in [7, 11) is 0. The van der Waals surface area contributed by atoms with E-state index in [2.05, 4.69) is 50.5 Å². The number of nitrogens with one attached hydrogen (secondary N) is 1. The van der Waals surface area contributed by atoms with Gasteiger partial charge in [-0.2, -0.15) is 10.4 Å². The molecule has 0 aliphatic carbocycles. The van der Waals surface area contributed by atoms with Crippen LogP contribution in [0.25, 0.3) is 11.2 Å². The standard InChI is InChI=1S/C21H23N7O/c1-15-4-3-5-17(12-15)16(2)25-26-19-13-18(27-8-10-29-11-9-27)20-21(24-19)28(7-6-22)14-23-20/h3-5,12-14H,7-11H2,1-2H3,(H,24,26)/b25-16+. The highest BCUT2D eigenvalue weighted by Crippen LogP contribution is 2.28. The fourth-order valence-electron chi connectivity index (χ4n) is 3.39. The molecular formula is C21H23N7O. The Bertz CT molecular complexity index is 1090. The zero-order valence-electron chi connectivity index (χ0n) is 16.6. The van der Waals surface area contributed by atoms with Crippen LogP contribution in [-0.4, -0.2) is 46.6 Å². The average molecular weight is 389 g/mol. The predicted octanol–water partition coefficient (Wildman–Crippen LogP) is 2.94. The fourth-order valence-corrected chi connectivity index (χ4v) is 3.39. The van der Waals surface area contributed by atoms with Crippen LogP contribution < -0.4 is 10.3 Å². The second kappa shape index (κ2) is 8.29. The molecule has 1 aliphatic heterocycles. The molecule has 8 heteroatoms. The summed E-state index contributed by atoms with van der Waals surface area (Å²) >= 11 is 0. The SMILES string of the molecule is C/C(=N\Nc1cc(N2CCOCC2)c2ncn(CC#N)c2n1)c1cccc(C)c1. The molecule has 4 rings (SSSR count). The number of nitriles is 1. The van der Waals surface area contributed by atoms with Gasteiger partial charge in [-0.1, -0.05) is 29.8 Å². The van der Waals surface area contributed by atoms with Gasteiger partial charge in [0.15, 0.2) is 11.5 Å². The van der Waals surface area contributed by atoms with Crippen LogP contribution in [-0.2, 0) is 11.3 Å². The van der Waals surface area contributed by atoms with E-state index in [1.54, 1.807) is 10.9 Å². The van der Waals surface area contributed by atoms with Gasteiger partial charge >= 0.3 is 0 Å². The molecule has 0 unspecified atom stereocenters. The van der Waals surface area contributed by atoms with Crippen LogP contribution in [0.4, 0.5) is 11.5 Å². The lowest BCUT2D eigenvalue weighted by atomic mass is 10.1. The third-order valence-electron chi connectivity index (χ3n) is 4.92. The molecule has 2 aromatic heterocycles. The summed E-state index contributed by atoms with van der Waals surface area (Å²) in [6.45, 7) is 7.14. The Labute approximate surface area is 169 Å². The molecule has 1 aliphatic rings. The van der Waals surface area contributed by atoms with Crippen molar-refractivity contribution in [1.82, 2.24) is 14.5 Å². The molecule has 0 amide bonds. The van der Waals surface area contributed by atoms with Crippen molar-refractivity contribution in [3.8, 4) is 6.07 Å². The maximum absolute atomic E-state index is 9.12. The lowest BCUT2D eigenvalue weighted by Gasteiger charge is -2.29. The highest BCUT2D eigenvalue weighted by Gasteiger charge is 2.19. The van der Waals surface area contributed by atoms with E-state index in [4.69, 9.17) is 10.00 Å². The number of hydrazone groups is 1. The van der Waals surface area contributed by atoms with E-state index >= 15 is 0 Å². The number of ether oxygens (including phenoxy) is 1. The van der Waals surface area contributed by atoms with Crippen molar-refractivity contribution >= 4 is 28.4 Å². The van der Waals surface area contributed by atoms with Gasteiger partial charge < -0.3 is 14.2 Å². The number of pyridine rings is 1. The highest BCUT2D eigenvalue weighted by molar-refractivity contribution is 5.99. The first-order valence-electron chi connectivity index (χ1n) is 9.58. The summed E-state index contributed by atoms with van der Waals surface area (Å²) < 4.78 is 7.23. The Morgan fingerprint density at radius 2 is 2.14 bits per heavy atom. The molecule has 3 aromatic rings. The molecule has 0 radical (unpaired) electrons. The Hall–Kier alpha value is -3.44. The summed E-state index contributed by atoms with van der Waals surface area (Å²) in [5, 5.41) is 13.6. The molecule has 0 atom stereocenters. The molecule has 3 heterocycles. The second-order valence-electron chi connectivity index (χ2n) is 7.01. The number of rotatable bonds is 5. The van der Waals surface area contributed by atoms with Gasteiger partial charge in [0.05, 0.1) is 37.0 Å². The number of benzene rings is 1. The van der Waals surface area contributed by atoms with Crippen LogP contribution in [0.1, 0.15) is 18.1 Å². The van der Waals surface area contributed by atoms with Gasteiger partial charge in [-0.25, -0.2) is 9.97 Å². The van der Waals surface area contributed by atoms with Crippen LogP contribution in [0.2, 0.25) is 0 Å². The number of aryl methyl sites for hydroxylation is 1. The van der Waals surface area contributed by atoms with Crippen LogP contribution in [0, 0.1) is 18.3 Å². The molecule has 1 fully saturated rings. The molecule has 8 nitrogen and oxygen atoms in total. The van der Waals surface area contributed by atoms with E-state index in [9.17, 15) is 0 Å². The number of fused-ring (bicyclic) bond motifs is 1. The van der Waals surface area contributed by atoms with Gasteiger partial charge in [0.1, 0.15) is 12.1 Å². The number of aromatic nitrogens is 3. The minimum absolute atomic E-state index is 0.196. The highest BCUT2D eigenvalue weighted by atomic mass is 16.5. The summed E-state index contributed by atoms with van der Waals surface area (Å²) in [6.07, 6.45) is 1.66. The molecule has 29 heavy (non-hydrogen) atoms. The number of hydrogen-bond donors (Lipinski definition) is 1. The maximum Gasteiger partial charge on any atom is 0.165 e. The lowest BCUT2D eigenvalue weighted by Crippen LogP contribution is -2.36. The lowest BCUT2D eigenvalue weighted by molar-refractivity contribution is 0.123. The number of anilines is 2. The minimum Gasteiger partial charge on any atom is -0.378 e. The van der Waals surface area contributed by atoms with Gasteiger partial charge in [0.2, 0.25) is 0 Å². The van der Waals surface area contributed by atoms with Gasteiger partial charge in [0.25, 0.3) is 0 Å². The number of imidazole rings is 1. The Morgan fingerprint density at radius 1 is 1.31 bits per heavy atom. The summed E-state index contributed by atoms with van der Waals surface area (Å²) in [6, 6.07) is 12.3. The first-order chi connectivity index (χ1) is 14.2. The van der Waals surface area contributed by atoms with Crippen molar-refractivity contribution in [3.63, 3.8) is 0 Å². The number of hydrogen-bond acceptors (Lipinski definition) is 7. The summed E-state index contributed by atoms with van der Waals surface area (Å²) in [5.74, 6) is 0.616. The smallest absolute Gasteiger partial charge is 0.165 e. The van der Waals surface area contributed by atoms with Crippen molar-refractivity contribution in [2.24, 2.45) is 5.10 Å². The summed E-state index contributed by atoms with van der Waals surface area (Å²) in [4.78, 5) is 11.4. The fraction of sp³-hybridized carbons (Fsp3) is 0.333. The van der Waals surface area contributed by atoms with Crippen molar-refractivity contribution in [3.05, 3.63) is 47.8 Å². The van der Waals surface area contributed by atoms with Gasteiger partial charge in [-0.3, -0.25) is 5.43 Å². The Kier molecular flexibility index (Phi) is 5.40. The van der Waals surface area contributed by atoms with Crippen molar-refractivity contribution in [2.75, 3.05) is 36.6 Å². The number of nitrogens with zero attached hydrogens (tertiary/aromatic N) is 6. The molecule has 1 aromatic carbocycles. The summed E-state index contributed by atoms with van der Waals surface area (Å²) in [5.41, 5.74) is 8.63. The van der Waals surface area contributed by atoms with E-state index < -0.39 is 0 Å². The molecular weight excluding hydrogens is 366 g/mol. The van der Waals surface area contributed by atoms with E-state index in [1.165, 1.54) is 5.56 Å². The van der Waals surface area contributed by atoms with Gasteiger partial charge in [0, 0.05) is 19.2 Å². The number of morpholine rings is 1. The maximum atomic E-state index is 9.12. The first-order valence-corrected chi connectivity index (χ1v) is 9.58. The van der Waals surface area contributed by atoms with E-state index in [-0.39, 0.29) is 6.54 Å². The zero-order chi connectivity index (χ0) is 20.2. The molecule has 1 N–H and O–H groups in total. The average Bonchev–Trinajstić information content (AvgIpc) is 3.15. The minimum atomic E-state index is 0.196. The molecule has 0 spiro atoms. The van der Waals surface area contributed by atoms with Crippen LogP contribution in [0.15, 0.2) is 41.8 Å². The molecule has 148 valence electrons. The van der Waals surface area contributed by atoms with Crippen LogP contribution in [0.3, 0.4) is 0 Å². The van der Waals surface area contributed by atoms with Crippen molar-refractivity contribution in [2.45, 2.75) is 20.4 Å². The quantitative estimate of drug-likeness (QED) is 0.533. The Balaban J connectivity index is 1.70. The normalized spacial score (nSPS) is 14.8. The zero-order valence-corrected chi connectivity index (χ0v) is 16.6. The molecule has 0 saturated carbocycles. The monoisotopic (exact) mass is 389 g/mol. The van der Waals surface area contributed by atoms with Crippen LogP contribution in [0.5, 0.6) is 0 Å². The van der Waals surface area contributed by atoms with Gasteiger partial charge in [-0.05, 0) is 19.4 Å². The van der Waals surface area contributed by atoms with Crippen molar-refractivity contribution < 1.29 is 4.74 Å². The predicted molar refractivity (Wildman–Crippen MR) is 113 cm³/mol. The first kappa shape index (κ1) is 18.9. The van der Waals surface area contributed by atoms with Crippen LogP contribution >= 0.6 is 0 Å². The molecule has 1 saturated heterocycles. The Morgan fingerprint density at radius 3 is 2.90 bits per heavy atom. The largest absolute Gasteiger partial charge is 0.378 e. The third-order valence-corrected chi connectivity index (χ3v) is 4.92. The second-order valence-corrected chi connectivity index (χ2v) is 7.01.